The molecule has 6 rings (SSSR count). The number of fused-ring (bicyclic) bond motifs is 3. The predicted octanol–water partition coefficient (Wildman–Crippen LogP) is 6.99. The van der Waals surface area contributed by atoms with E-state index in [1.165, 1.54) is 10.8 Å². The Morgan fingerprint density at radius 2 is 1.78 bits per heavy atom. The molecule has 178 valence electrons. The lowest BCUT2D eigenvalue weighted by molar-refractivity contribution is -0.695. The van der Waals surface area contributed by atoms with Crippen LogP contribution in [0.1, 0.15) is 16.8 Å². The number of hydrogen-bond acceptors (Lipinski definition) is 1. The fourth-order valence-electron chi connectivity index (χ4n) is 4.71. The number of carbonyl (C=O) groups excluding carboxylic acids is 1. The maximum Gasteiger partial charge on any atom is 0.254 e. The zero-order valence-corrected chi connectivity index (χ0v) is 21.7. The van der Waals surface area contributed by atoms with E-state index in [1.807, 2.05) is 54.6 Å². The summed E-state index contributed by atoms with van der Waals surface area (Å²) < 4.78 is 3.12. The highest BCUT2D eigenvalue weighted by Crippen LogP contribution is 2.33. The van der Waals surface area contributed by atoms with Gasteiger partial charge < -0.3 is 15.3 Å². The van der Waals surface area contributed by atoms with Gasteiger partial charge in [-0.05, 0) is 47.9 Å². The number of aryl methyl sites for hydroxylation is 1. The van der Waals surface area contributed by atoms with Crippen LogP contribution in [0.2, 0.25) is 5.02 Å². The zero-order valence-electron chi connectivity index (χ0n) is 19.3. The first-order valence-corrected chi connectivity index (χ1v) is 13.0. The van der Waals surface area contributed by atoms with E-state index in [1.54, 1.807) is 0 Å². The van der Waals surface area contributed by atoms with Crippen molar-refractivity contribution >= 4 is 66.0 Å². The van der Waals surface area contributed by atoms with Crippen LogP contribution in [0.4, 0.5) is 0 Å². The van der Waals surface area contributed by atoms with Crippen molar-refractivity contribution in [3.63, 3.8) is 0 Å². The zero-order chi connectivity index (χ0) is 24.6. The number of H-pyrrole nitrogens is 2. The molecule has 1 amide bonds. The number of nitrogens with zero attached hydrogens (tertiary/aromatic N) is 1. The molecular weight excluding hydrogens is 536 g/mol. The van der Waals surface area contributed by atoms with E-state index in [0.29, 0.717) is 17.1 Å². The average Bonchev–Trinajstić information content (AvgIpc) is 3.47. The molecule has 0 unspecified atom stereocenters. The third-order valence-electron chi connectivity index (χ3n) is 6.46. The minimum atomic E-state index is -0.0984. The molecule has 3 aromatic carbocycles. The van der Waals surface area contributed by atoms with Crippen LogP contribution in [-0.2, 0) is 6.54 Å². The van der Waals surface area contributed by atoms with Gasteiger partial charge >= 0.3 is 0 Å². The van der Waals surface area contributed by atoms with Crippen LogP contribution >= 0.6 is 27.5 Å². The molecule has 3 heterocycles. The smallest absolute Gasteiger partial charge is 0.254 e. The Labute approximate surface area is 221 Å². The number of amides is 1. The third kappa shape index (κ3) is 4.38. The molecule has 0 saturated carbocycles. The van der Waals surface area contributed by atoms with Gasteiger partial charge in [-0.25, -0.2) is 4.57 Å². The molecule has 36 heavy (non-hydrogen) atoms. The second-order valence-corrected chi connectivity index (χ2v) is 10.3. The summed E-state index contributed by atoms with van der Waals surface area (Å²) >= 11 is 9.73. The molecule has 3 N–H and O–H groups in total. The highest BCUT2D eigenvalue weighted by molar-refractivity contribution is 9.10. The summed E-state index contributed by atoms with van der Waals surface area (Å²) in [5.41, 5.74) is 4.10. The topological polar surface area (TPSA) is 64.6 Å². The van der Waals surface area contributed by atoms with Crippen molar-refractivity contribution < 1.29 is 9.36 Å². The van der Waals surface area contributed by atoms with Crippen LogP contribution in [0.5, 0.6) is 0 Å². The average molecular weight is 559 g/mol. The molecule has 0 fully saturated rings. The minimum absolute atomic E-state index is 0.0984. The van der Waals surface area contributed by atoms with Gasteiger partial charge in [-0.15, -0.1) is 0 Å². The van der Waals surface area contributed by atoms with Crippen molar-refractivity contribution in [3.05, 3.63) is 100 Å². The Hall–Kier alpha value is -3.61. The second-order valence-electron chi connectivity index (χ2n) is 8.90. The summed E-state index contributed by atoms with van der Waals surface area (Å²) in [6, 6.07) is 24.1. The Morgan fingerprint density at radius 1 is 0.917 bits per heavy atom. The number of nitrogens with one attached hydrogen (secondary N) is 3. The van der Waals surface area contributed by atoms with Crippen LogP contribution in [0.25, 0.3) is 44.0 Å². The van der Waals surface area contributed by atoms with Gasteiger partial charge in [-0.3, -0.25) is 4.79 Å². The van der Waals surface area contributed by atoms with Crippen LogP contribution in [-0.4, -0.2) is 22.4 Å². The molecule has 6 aromatic rings. The Bertz CT molecular complexity index is 1750. The molecular formula is C29H23BrClN4O+. The number of aromatic amines is 2. The Morgan fingerprint density at radius 3 is 2.67 bits per heavy atom. The highest BCUT2D eigenvalue weighted by Gasteiger charge is 2.21. The first kappa shape index (κ1) is 22.8. The van der Waals surface area contributed by atoms with Gasteiger partial charge in [0.2, 0.25) is 0 Å². The predicted molar refractivity (Wildman–Crippen MR) is 149 cm³/mol. The van der Waals surface area contributed by atoms with Crippen molar-refractivity contribution in [1.29, 1.82) is 0 Å². The molecule has 0 radical (unpaired) electrons. The number of rotatable bonds is 6. The highest BCUT2D eigenvalue weighted by atomic mass is 79.9. The number of benzene rings is 3. The van der Waals surface area contributed by atoms with Crippen LogP contribution in [0.15, 0.2) is 89.7 Å². The van der Waals surface area contributed by atoms with E-state index in [2.05, 4.69) is 66.4 Å². The van der Waals surface area contributed by atoms with Gasteiger partial charge in [-0.2, -0.15) is 0 Å². The van der Waals surface area contributed by atoms with E-state index in [4.69, 9.17) is 11.6 Å². The first-order valence-electron chi connectivity index (χ1n) is 11.8. The maximum absolute atomic E-state index is 13.5. The van der Waals surface area contributed by atoms with Crippen molar-refractivity contribution in [1.82, 2.24) is 15.3 Å². The van der Waals surface area contributed by atoms with E-state index < -0.39 is 0 Å². The summed E-state index contributed by atoms with van der Waals surface area (Å²) in [5.74, 6) is -0.0984. The molecule has 0 saturated heterocycles. The molecule has 0 bridgehead atoms. The van der Waals surface area contributed by atoms with E-state index in [9.17, 15) is 4.79 Å². The lowest BCUT2D eigenvalue weighted by Crippen LogP contribution is -2.35. The summed E-state index contributed by atoms with van der Waals surface area (Å²) in [5, 5.41) is 8.12. The molecule has 0 aliphatic rings. The standard InChI is InChI=1S/C29H22BrClN4O/c30-21-6-8-23-25(16-21)34-28(26-15-20-14-22(31)7-9-24(20)33-26)27(23)29(36)32-11-3-12-35-13-10-18-4-1-2-5-19(18)17-35/h1-2,4-10,13-17H,3,11-12H2,(H2-,32,33,34,36)/p+1. The largest absolute Gasteiger partial charge is 0.353 e. The number of hydrogen-bond donors (Lipinski definition) is 3. The van der Waals surface area contributed by atoms with Crippen LogP contribution < -0.4 is 9.88 Å². The number of carbonyl (C=O) groups is 1. The maximum atomic E-state index is 13.5. The van der Waals surface area contributed by atoms with Crippen molar-refractivity contribution in [2.24, 2.45) is 0 Å². The van der Waals surface area contributed by atoms with Gasteiger partial charge in [-0.1, -0.05) is 51.8 Å². The molecule has 0 aliphatic carbocycles. The fourth-order valence-corrected chi connectivity index (χ4v) is 5.26. The van der Waals surface area contributed by atoms with Gasteiger partial charge in [0, 0.05) is 55.7 Å². The Balaban J connectivity index is 1.25. The summed E-state index contributed by atoms with van der Waals surface area (Å²) in [7, 11) is 0. The van der Waals surface area contributed by atoms with Gasteiger partial charge in [0.05, 0.1) is 17.0 Å². The normalized spacial score (nSPS) is 11.5. The molecule has 5 nitrogen and oxygen atoms in total. The second kappa shape index (κ2) is 9.45. The van der Waals surface area contributed by atoms with E-state index in [0.717, 1.165) is 50.6 Å². The number of pyridine rings is 1. The molecule has 0 atom stereocenters. The fraction of sp³-hybridized carbons (Fsp3) is 0.103. The third-order valence-corrected chi connectivity index (χ3v) is 7.19. The lowest BCUT2D eigenvalue weighted by atomic mass is 10.1. The van der Waals surface area contributed by atoms with E-state index >= 15 is 0 Å². The first-order chi connectivity index (χ1) is 17.5. The number of halogens is 2. The molecule has 0 spiro atoms. The quantitative estimate of drug-likeness (QED) is 0.150. The summed E-state index contributed by atoms with van der Waals surface area (Å²) in [6.45, 7) is 1.39. The minimum Gasteiger partial charge on any atom is -0.353 e. The van der Waals surface area contributed by atoms with Crippen molar-refractivity contribution in [2.75, 3.05) is 6.54 Å². The SMILES string of the molecule is O=C(NCCC[n+]1ccc2ccccc2c1)c1c(-c2cc3cc(Cl)ccc3[nH]2)[nH]c2cc(Br)ccc12. The van der Waals surface area contributed by atoms with E-state index in [-0.39, 0.29) is 5.91 Å². The van der Waals surface area contributed by atoms with Gasteiger partial charge in [0.15, 0.2) is 12.4 Å². The van der Waals surface area contributed by atoms with Gasteiger partial charge in [0.1, 0.15) is 6.54 Å². The lowest BCUT2D eigenvalue weighted by Gasteiger charge is -2.06. The molecule has 3 aromatic heterocycles. The summed E-state index contributed by atoms with van der Waals surface area (Å²) in [4.78, 5) is 20.3. The van der Waals surface area contributed by atoms with Gasteiger partial charge in [0.25, 0.3) is 5.91 Å². The summed E-state index contributed by atoms with van der Waals surface area (Å²) in [6.07, 6.45) is 5.06. The van der Waals surface area contributed by atoms with Crippen molar-refractivity contribution in [2.45, 2.75) is 13.0 Å². The monoisotopic (exact) mass is 557 g/mol. The number of aromatic nitrogens is 3. The Kier molecular flexibility index (Phi) is 5.99. The van der Waals surface area contributed by atoms with Crippen LogP contribution in [0.3, 0.4) is 0 Å². The molecule has 7 heteroatoms. The molecule has 0 aliphatic heterocycles. The van der Waals surface area contributed by atoms with Crippen molar-refractivity contribution in [3.8, 4) is 11.4 Å². The van der Waals surface area contributed by atoms with Crippen LogP contribution in [0, 0.1) is 0 Å².